The van der Waals surface area contributed by atoms with Gasteiger partial charge in [-0.2, -0.15) is 0 Å². The Bertz CT molecular complexity index is 1750. The number of nitrogens with zero attached hydrogens (tertiary/aromatic N) is 3. The molecular weight excluding hydrogens is 679 g/mol. The van der Waals surface area contributed by atoms with Crippen LogP contribution in [0.15, 0.2) is 59.5 Å². The van der Waals surface area contributed by atoms with Crippen molar-refractivity contribution >= 4 is 68.0 Å². The average Bonchev–Trinajstić information content (AvgIpc) is 3.52. The van der Waals surface area contributed by atoms with E-state index in [1.807, 2.05) is 0 Å². The highest BCUT2D eigenvalue weighted by Crippen LogP contribution is 2.36. The number of methoxy groups -OCH3 is 1. The second-order valence-corrected chi connectivity index (χ2v) is 14.1. The summed E-state index contributed by atoms with van der Waals surface area (Å²) in [6, 6.07) is 11.4. The molecule has 1 N–H and O–H groups in total. The van der Waals surface area contributed by atoms with Crippen molar-refractivity contribution < 1.29 is 27.7 Å². The second-order valence-electron chi connectivity index (χ2n) is 11.0. The van der Waals surface area contributed by atoms with Crippen LogP contribution >= 0.6 is 34.8 Å². The van der Waals surface area contributed by atoms with Gasteiger partial charge in [-0.25, -0.2) is 8.42 Å². The Balaban J connectivity index is 1.79. The van der Waals surface area contributed by atoms with Gasteiger partial charge in [0.2, 0.25) is 11.8 Å². The number of nitro benzene ring substituents is 1. The molecule has 0 saturated heterocycles. The van der Waals surface area contributed by atoms with E-state index in [-0.39, 0.29) is 39.6 Å². The van der Waals surface area contributed by atoms with Gasteiger partial charge in [0, 0.05) is 29.2 Å². The van der Waals surface area contributed by atoms with E-state index < -0.39 is 49.9 Å². The van der Waals surface area contributed by atoms with Crippen molar-refractivity contribution in [2.45, 2.75) is 63.1 Å². The lowest BCUT2D eigenvalue weighted by atomic mass is 10.1. The summed E-state index contributed by atoms with van der Waals surface area (Å²) >= 11 is 18.6. The molecule has 1 unspecified atom stereocenters. The zero-order valence-corrected chi connectivity index (χ0v) is 28.4. The Morgan fingerprint density at radius 2 is 1.74 bits per heavy atom. The quantitative estimate of drug-likeness (QED) is 0.166. The number of benzene rings is 3. The Labute approximate surface area is 282 Å². The van der Waals surface area contributed by atoms with Gasteiger partial charge in [-0.1, -0.05) is 59.8 Å². The zero-order chi connectivity index (χ0) is 33.8. The van der Waals surface area contributed by atoms with Gasteiger partial charge >= 0.3 is 0 Å². The predicted octanol–water partition coefficient (Wildman–Crippen LogP) is 6.54. The number of rotatable bonds is 12. The molecule has 1 aliphatic rings. The average molecular weight is 712 g/mol. The molecule has 46 heavy (non-hydrogen) atoms. The van der Waals surface area contributed by atoms with Crippen LogP contribution < -0.4 is 14.4 Å². The molecule has 1 saturated carbocycles. The first kappa shape index (κ1) is 35.3. The Morgan fingerprint density at radius 3 is 2.37 bits per heavy atom. The third kappa shape index (κ3) is 8.03. The fourth-order valence-corrected chi connectivity index (χ4v) is 7.18. The fourth-order valence-electron chi connectivity index (χ4n) is 5.25. The smallest absolute Gasteiger partial charge is 0.273 e. The summed E-state index contributed by atoms with van der Waals surface area (Å²) in [4.78, 5) is 39.5. The number of ether oxygens (including phenoxy) is 1. The molecule has 246 valence electrons. The lowest BCUT2D eigenvalue weighted by molar-refractivity contribution is -0.385. The van der Waals surface area contributed by atoms with Crippen LogP contribution in [0.5, 0.6) is 5.75 Å². The molecule has 2 amide bonds. The monoisotopic (exact) mass is 710 g/mol. The number of hydrogen-bond acceptors (Lipinski definition) is 7. The summed E-state index contributed by atoms with van der Waals surface area (Å²) in [6.45, 7) is 2.13. The molecule has 1 atom stereocenters. The van der Waals surface area contributed by atoms with Crippen LogP contribution in [0.25, 0.3) is 0 Å². The molecule has 11 nitrogen and oxygen atoms in total. The van der Waals surface area contributed by atoms with Crippen molar-refractivity contribution in [1.29, 1.82) is 0 Å². The SMILES string of the molecule is COc1ccc(Cl)cc1N(CC(=O)N(Cc1ccc(Cl)c(Cl)c1)C(C)C(=O)NC1CCCC1)S(=O)(=O)c1ccc(C)c([N+](=O)[O-])c1. The molecule has 0 heterocycles. The molecule has 3 aromatic carbocycles. The first-order valence-corrected chi connectivity index (χ1v) is 17.0. The molecule has 0 radical (unpaired) electrons. The minimum atomic E-state index is -4.65. The van der Waals surface area contributed by atoms with Crippen molar-refractivity contribution in [3.63, 3.8) is 0 Å². The lowest BCUT2D eigenvalue weighted by Gasteiger charge is -2.33. The number of nitro groups is 1. The van der Waals surface area contributed by atoms with Gasteiger partial charge in [-0.05, 0) is 68.7 Å². The number of hydrogen-bond donors (Lipinski definition) is 1. The molecular formula is C31H33Cl3N4O7S. The fraction of sp³-hybridized carbons (Fsp3) is 0.355. The van der Waals surface area contributed by atoms with Gasteiger partial charge < -0.3 is 15.0 Å². The minimum Gasteiger partial charge on any atom is -0.495 e. The normalized spacial score (nSPS) is 14.0. The van der Waals surface area contributed by atoms with E-state index in [1.165, 1.54) is 49.3 Å². The van der Waals surface area contributed by atoms with Crippen LogP contribution in [0.2, 0.25) is 15.1 Å². The van der Waals surface area contributed by atoms with E-state index in [4.69, 9.17) is 39.5 Å². The molecule has 4 rings (SSSR count). The maximum atomic E-state index is 14.3. The highest BCUT2D eigenvalue weighted by molar-refractivity contribution is 7.92. The maximum absolute atomic E-state index is 14.3. The Kier molecular flexibility index (Phi) is 11.4. The highest BCUT2D eigenvalue weighted by Gasteiger charge is 2.35. The summed E-state index contributed by atoms with van der Waals surface area (Å²) in [5, 5.41) is 15.4. The summed E-state index contributed by atoms with van der Waals surface area (Å²) in [5.41, 5.74) is 0.307. The van der Waals surface area contributed by atoms with E-state index in [9.17, 15) is 28.1 Å². The summed E-state index contributed by atoms with van der Waals surface area (Å²) in [7, 11) is -3.33. The molecule has 3 aromatic rings. The van der Waals surface area contributed by atoms with Gasteiger partial charge in [0.25, 0.3) is 15.7 Å². The van der Waals surface area contributed by atoms with Crippen LogP contribution in [0.4, 0.5) is 11.4 Å². The minimum absolute atomic E-state index is 0.0261. The van der Waals surface area contributed by atoms with Crippen LogP contribution in [-0.4, -0.2) is 55.8 Å². The predicted molar refractivity (Wildman–Crippen MR) is 177 cm³/mol. The van der Waals surface area contributed by atoms with Crippen LogP contribution in [0.3, 0.4) is 0 Å². The molecule has 15 heteroatoms. The van der Waals surface area contributed by atoms with Crippen LogP contribution in [-0.2, 0) is 26.2 Å². The van der Waals surface area contributed by atoms with Crippen molar-refractivity contribution in [3.8, 4) is 5.75 Å². The number of amides is 2. The second kappa shape index (κ2) is 14.9. The number of carbonyl (C=O) groups is 2. The van der Waals surface area contributed by atoms with Gasteiger partial charge in [-0.3, -0.25) is 24.0 Å². The molecule has 0 spiro atoms. The summed E-state index contributed by atoms with van der Waals surface area (Å²) in [6.07, 6.45) is 3.61. The number of sulfonamides is 1. The van der Waals surface area contributed by atoms with Gasteiger partial charge in [0.05, 0.1) is 32.7 Å². The van der Waals surface area contributed by atoms with E-state index in [0.29, 0.717) is 10.6 Å². The number of halogens is 3. The van der Waals surface area contributed by atoms with Gasteiger partial charge in [0.15, 0.2) is 0 Å². The first-order valence-electron chi connectivity index (χ1n) is 14.4. The largest absolute Gasteiger partial charge is 0.495 e. The van der Waals surface area contributed by atoms with Crippen molar-refractivity contribution in [2.24, 2.45) is 0 Å². The molecule has 0 aromatic heterocycles. The van der Waals surface area contributed by atoms with Crippen LogP contribution in [0.1, 0.15) is 43.7 Å². The van der Waals surface area contributed by atoms with E-state index in [2.05, 4.69) is 5.32 Å². The number of nitrogens with one attached hydrogen (secondary N) is 1. The lowest BCUT2D eigenvalue weighted by Crippen LogP contribution is -2.52. The van der Waals surface area contributed by atoms with Crippen molar-refractivity contribution in [2.75, 3.05) is 18.0 Å². The van der Waals surface area contributed by atoms with Crippen molar-refractivity contribution in [1.82, 2.24) is 10.2 Å². The zero-order valence-electron chi connectivity index (χ0n) is 25.3. The highest BCUT2D eigenvalue weighted by atomic mass is 35.5. The Hall–Kier alpha value is -3.58. The number of aryl methyl sites for hydroxylation is 1. The molecule has 0 aliphatic heterocycles. The van der Waals surface area contributed by atoms with Crippen molar-refractivity contribution in [3.05, 3.63) is 90.9 Å². The third-order valence-electron chi connectivity index (χ3n) is 7.86. The Morgan fingerprint density at radius 1 is 1.04 bits per heavy atom. The molecule has 1 aliphatic carbocycles. The number of anilines is 1. The topological polar surface area (TPSA) is 139 Å². The van der Waals surface area contributed by atoms with E-state index >= 15 is 0 Å². The van der Waals surface area contributed by atoms with Gasteiger partial charge in [0.1, 0.15) is 18.3 Å². The number of carbonyl (C=O) groups excluding carboxylic acids is 2. The standard InChI is InChI=1S/C31H33Cl3N4O7S/c1-19-8-11-24(16-27(19)38(41)42)46(43,44)37(28-15-22(32)10-13-29(28)45-3)18-30(39)36(17-21-9-12-25(33)26(34)14-21)20(2)31(40)35-23-6-4-5-7-23/h8-16,20,23H,4-7,17-18H2,1-3H3,(H,35,40). The van der Waals surface area contributed by atoms with E-state index in [0.717, 1.165) is 36.1 Å². The first-order chi connectivity index (χ1) is 21.7. The van der Waals surface area contributed by atoms with Gasteiger partial charge in [-0.15, -0.1) is 0 Å². The summed E-state index contributed by atoms with van der Waals surface area (Å²) in [5.74, 6) is -1.07. The van der Waals surface area contributed by atoms with E-state index in [1.54, 1.807) is 25.1 Å². The molecule has 0 bridgehead atoms. The molecule has 1 fully saturated rings. The third-order valence-corrected chi connectivity index (χ3v) is 10.6. The maximum Gasteiger partial charge on any atom is 0.273 e. The summed E-state index contributed by atoms with van der Waals surface area (Å²) < 4.78 is 34.7. The van der Waals surface area contributed by atoms with Crippen LogP contribution in [0, 0.1) is 17.0 Å².